The van der Waals surface area contributed by atoms with Crippen molar-refractivity contribution < 1.29 is 87.4 Å². The highest BCUT2D eigenvalue weighted by Crippen LogP contribution is 2.26. The quantitative estimate of drug-likeness (QED) is 0.0315. The van der Waals surface area contributed by atoms with E-state index < -0.39 is 44.6 Å². The molecule has 33 heteroatoms. The van der Waals surface area contributed by atoms with Gasteiger partial charge in [-0.25, -0.2) is 33.4 Å². The molecule has 0 amide bonds. The van der Waals surface area contributed by atoms with Gasteiger partial charge in [0.25, 0.3) is 20.2 Å². The Morgan fingerprint density at radius 2 is 1.11 bits per heavy atom. The molecular weight excluding hydrogens is 1180 g/mol. The van der Waals surface area contributed by atoms with Crippen LogP contribution in [0.3, 0.4) is 0 Å². The van der Waals surface area contributed by atoms with Crippen molar-refractivity contribution in [2.75, 3.05) is 108 Å². The first-order valence-corrected chi connectivity index (χ1v) is 31.2. The Labute approximate surface area is 466 Å². The average molecular weight is 1250 g/mol. The molecule has 2 aliphatic heterocycles. The summed E-state index contributed by atoms with van der Waals surface area (Å²) in [7, 11) is 6.59. The fourth-order valence-corrected chi connectivity index (χ4v) is 9.03. The summed E-state index contributed by atoms with van der Waals surface area (Å²) < 4.78 is 93.6. The van der Waals surface area contributed by atoms with Gasteiger partial charge in [0.05, 0.1) is 24.7 Å². The van der Waals surface area contributed by atoms with Gasteiger partial charge in [-0.2, -0.15) is 80.5 Å². The Bertz CT molecular complexity index is 1890. The highest BCUT2D eigenvalue weighted by atomic mass is 35.5. The van der Waals surface area contributed by atoms with Crippen molar-refractivity contribution in [1.29, 1.82) is 0 Å². The molecule has 422 valence electrons. The molecule has 5 heterocycles. The number of halogens is 5. The smallest absolute Gasteiger partial charge is 0.475 e. The molecule has 3 aromatic rings. The number of rotatable bonds is 11. The predicted octanol–water partition coefficient (Wildman–Crippen LogP) is 4.64. The lowest BCUT2D eigenvalue weighted by Crippen LogP contribution is -2.32. The third-order valence-electron chi connectivity index (χ3n) is 7.33. The SMILES string of the molecule is C.C1CSSCCN1.CS(=O)(=O)OO.CS(=O)(=O)OO.C[n+]1cccc(F)c1.C[n+]1cccc(N(CCS)CCS)c1.C[n+]1cccc(N2CCSSCC2)c1.Cl.O=C(O)C(F)(F)F.O[C@H](CS)[C@H](O)CS. The number of hydrogen-bond acceptors (Lipinski definition) is 22. The van der Waals surface area contributed by atoms with Gasteiger partial charge in [0.1, 0.15) is 32.5 Å². The number of thiol groups is 4. The van der Waals surface area contributed by atoms with Crippen LogP contribution in [-0.4, -0.2) is 165 Å². The molecule has 0 bridgehead atoms. The summed E-state index contributed by atoms with van der Waals surface area (Å²) in [5.74, 6) is 4.33. The van der Waals surface area contributed by atoms with Gasteiger partial charge in [0.2, 0.25) is 6.20 Å². The van der Waals surface area contributed by atoms with Gasteiger partial charge in [0.15, 0.2) is 36.8 Å². The van der Waals surface area contributed by atoms with E-state index in [4.69, 9.17) is 30.6 Å². The molecule has 2 atom stereocenters. The van der Waals surface area contributed by atoms with Crippen molar-refractivity contribution in [3.8, 4) is 0 Å². The van der Waals surface area contributed by atoms with E-state index in [1.54, 1.807) is 23.9 Å². The lowest BCUT2D eigenvalue weighted by atomic mass is 10.3. The Balaban J connectivity index is -0.000000243. The van der Waals surface area contributed by atoms with Crippen LogP contribution in [0.2, 0.25) is 0 Å². The number of nitrogens with zero attached hydrogens (tertiary/aromatic N) is 5. The summed E-state index contributed by atoms with van der Waals surface area (Å²) in [5.41, 5.74) is 2.58. The van der Waals surface area contributed by atoms with E-state index in [2.05, 4.69) is 133 Å². The Hall–Kier alpha value is -1.05. The first kappa shape index (κ1) is 79.8. The van der Waals surface area contributed by atoms with E-state index in [0.717, 1.165) is 37.1 Å². The summed E-state index contributed by atoms with van der Waals surface area (Å²) >= 11 is 16.0. The van der Waals surface area contributed by atoms with Crippen LogP contribution in [0.15, 0.2) is 73.6 Å². The number of carbonyl (C=O) groups is 1. The fourth-order valence-electron chi connectivity index (χ4n) is 4.18. The average Bonchev–Trinajstić information content (AvgIpc) is 3.78. The van der Waals surface area contributed by atoms with Crippen molar-refractivity contribution in [3.05, 3.63) is 79.4 Å². The lowest BCUT2D eigenvalue weighted by Gasteiger charge is -2.21. The Morgan fingerprint density at radius 1 is 0.750 bits per heavy atom. The number of carboxylic acids is 1. The van der Waals surface area contributed by atoms with Crippen LogP contribution < -0.4 is 28.8 Å². The van der Waals surface area contributed by atoms with E-state index in [1.165, 1.54) is 72.8 Å². The topological polar surface area (TPSA) is 235 Å². The first-order valence-electron chi connectivity index (χ1n) is 20.1. The van der Waals surface area contributed by atoms with E-state index in [9.17, 15) is 34.4 Å². The second-order valence-electron chi connectivity index (χ2n) is 13.5. The number of anilines is 2. The summed E-state index contributed by atoms with van der Waals surface area (Å²) in [6, 6.07) is 11.6. The minimum Gasteiger partial charge on any atom is -0.475 e. The summed E-state index contributed by atoms with van der Waals surface area (Å²) in [4.78, 5) is 13.7. The molecule has 5 rings (SSSR count). The summed E-state index contributed by atoms with van der Waals surface area (Å²) in [5, 5.41) is 42.6. The molecule has 0 spiro atoms. The minimum atomic E-state index is -5.08. The van der Waals surface area contributed by atoms with Gasteiger partial charge < -0.3 is 30.4 Å². The molecule has 0 saturated carbocycles. The molecule has 2 saturated heterocycles. The zero-order valence-corrected chi connectivity index (χ0v) is 48.8. The second-order valence-corrected chi connectivity index (χ2v) is 23.6. The van der Waals surface area contributed by atoms with Crippen molar-refractivity contribution >= 4 is 144 Å². The Kier molecular flexibility index (Phi) is 53.6. The first-order chi connectivity index (χ1) is 32.7. The van der Waals surface area contributed by atoms with Crippen LogP contribution in [-0.2, 0) is 54.8 Å². The van der Waals surface area contributed by atoms with Gasteiger partial charge in [-0.1, -0.05) is 50.6 Å². The number of pyridine rings is 3. The molecule has 0 aromatic carbocycles. The number of aliphatic carboxylic acids is 1. The zero-order chi connectivity index (χ0) is 54.2. The largest absolute Gasteiger partial charge is 0.490 e. The maximum absolute atomic E-state index is 12.1. The van der Waals surface area contributed by atoms with Gasteiger partial charge in [-0.05, 0) is 18.2 Å². The van der Waals surface area contributed by atoms with Crippen LogP contribution in [0, 0.1) is 5.82 Å². The third-order valence-corrected chi connectivity index (χ3v) is 13.8. The maximum atomic E-state index is 12.1. The molecule has 6 N–H and O–H groups in total. The minimum absolute atomic E-state index is 0. The van der Waals surface area contributed by atoms with E-state index in [0.29, 0.717) is 0 Å². The van der Waals surface area contributed by atoms with Crippen LogP contribution in [0.4, 0.5) is 28.9 Å². The molecule has 0 aliphatic carbocycles. The normalized spacial score (nSPS) is 13.9. The van der Waals surface area contributed by atoms with Crippen molar-refractivity contribution in [2.45, 2.75) is 25.8 Å². The molecule has 18 nitrogen and oxygen atoms in total. The highest BCUT2D eigenvalue weighted by molar-refractivity contribution is 8.77. The van der Waals surface area contributed by atoms with Crippen molar-refractivity contribution in [1.82, 2.24) is 5.32 Å². The van der Waals surface area contributed by atoms with Crippen LogP contribution in [0.5, 0.6) is 0 Å². The van der Waals surface area contributed by atoms with Gasteiger partial charge >= 0.3 is 12.1 Å². The van der Waals surface area contributed by atoms with Gasteiger partial charge in [-0.15, -0.1) is 21.1 Å². The molecule has 0 radical (unpaired) electrons. The third kappa shape index (κ3) is 51.1. The molecule has 72 heavy (non-hydrogen) atoms. The number of aliphatic hydroxyl groups is 2. The number of aryl methyl sites for hydroxylation is 3. The van der Waals surface area contributed by atoms with Crippen LogP contribution in [0.25, 0.3) is 0 Å². The van der Waals surface area contributed by atoms with Gasteiger partial charge in [-0.3, -0.25) is 0 Å². The molecular formula is C39H72ClF4N6O12S10+3. The number of aromatic nitrogens is 3. The van der Waals surface area contributed by atoms with Crippen molar-refractivity contribution in [2.24, 2.45) is 21.1 Å². The van der Waals surface area contributed by atoms with E-state index in [1.807, 2.05) is 56.4 Å². The predicted molar refractivity (Wildman–Crippen MR) is 302 cm³/mol. The van der Waals surface area contributed by atoms with Gasteiger partial charge in [0, 0.05) is 103 Å². The molecule has 2 fully saturated rings. The number of nitrogens with one attached hydrogen (secondary N) is 1. The molecule has 3 aromatic heterocycles. The lowest BCUT2D eigenvalue weighted by molar-refractivity contribution is -0.673. The number of aliphatic hydroxyl groups excluding tert-OH is 2. The zero-order valence-electron chi connectivity index (χ0n) is 39.5. The monoisotopic (exact) mass is 1250 g/mol. The number of carboxylic acid groups (broad SMARTS) is 1. The highest BCUT2D eigenvalue weighted by Gasteiger charge is 2.38. The fraction of sp³-hybridized carbons (Fsp3) is 0.590. The van der Waals surface area contributed by atoms with E-state index >= 15 is 0 Å². The van der Waals surface area contributed by atoms with E-state index in [-0.39, 0.29) is 37.2 Å². The summed E-state index contributed by atoms with van der Waals surface area (Å²) in [6.07, 6.45) is 6.54. The summed E-state index contributed by atoms with van der Waals surface area (Å²) in [6.45, 7) is 6.65. The number of alkyl halides is 3. The molecule has 0 unspecified atom stereocenters. The standard InChI is InChI=1S/C10H15N2S2.C10H16N2S2.C6H7FN.C4H9NS2.C4H10O2S2.C2HF3O2.2CH4O4S.CH4.ClH/c1-11-4-2-3-10(9-11)12-5-7-13-14-8-6-12;1-11-4-2-3-10(9-11)12(5-7-13)6-8-14;1-8-4-2-3-6(7)5-8;1-3-6-7-4-2-5-1;5-3(1-7)4(6)2-8;3-2(4,5)1(6)7;2*1-6(3,4)5-2;;/h2-4,9H,5-8H2,1H3;2-4,9H,5-8H2,1H3,(H-,13,14);2-5H,1H3;5H,1-4H2;3-8H,1-2H2;(H,6,7);2*2H,1H3;1H4;1H/q+1;;+1;;;;;;;/p+1/t;;;;3-,4-;;;;;/m....1...../s1. The molecule has 2 aliphatic rings. The second kappa shape index (κ2) is 48.3. The maximum Gasteiger partial charge on any atom is 0.490 e. The van der Waals surface area contributed by atoms with Crippen molar-refractivity contribution in [3.63, 3.8) is 0 Å². The number of hydrogen-bond donors (Lipinski definition) is 10. The Morgan fingerprint density at radius 3 is 1.42 bits per heavy atom. The van der Waals surface area contributed by atoms with Crippen LogP contribution >= 0.6 is 106 Å². The van der Waals surface area contributed by atoms with Crippen LogP contribution in [0.1, 0.15) is 7.43 Å².